The summed E-state index contributed by atoms with van der Waals surface area (Å²) in [4.78, 5) is 12.1. The molecule has 0 atom stereocenters. The van der Waals surface area contributed by atoms with E-state index in [1.54, 1.807) is 31.3 Å². The normalized spacial score (nSPS) is 12.1. The summed E-state index contributed by atoms with van der Waals surface area (Å²) in [5, 5.41) is 6.46. The van der Waals surface area contributed by atoms with Gasteiger partial charge in [0.15, 0.2) is 0 Å². The molecule has 1 aromatic heterocycles. The highest BCUT2D eigenvalue weighted by Crippen LogP contribution is 2.13. The lowest BCUT2D eigenvalue weighted by molar-refractivity contribution is 0.587. The number of rotatable bonds is 5. The van der Waals surface area contributed by atoms with Crippen molar-refractivity contribution in [1.82, 2.24) is 14.5 Å². The first-order valence-corrected chi connectivity index (χ1v) is 9.60. The van der Waals surface area contributed by atoms with Gasteiger partial charge in [-0.25, -0.2) is 17.8 Å². The van der Waals surface area contributed by atoms with Crippen LogP contribution in [0.4, 0.5) is 0 Å². The van der Waals surface area contributed by atoms with Crippen molar-refractivity contribution in [3.63, 3.8) is 0 Å². The topological polar surface area (TPSA) is 81.1 Å². The van der Waals surface area contributed by atoms with E-state index in [1.807, 2.05) is 31.2 Å². The van der Waals surface area contributed by atoms with Crippen LogP contribution < -0.4 is 10.3 Å². The molecule has 0 amide bonds. The molecule has 0 spiro atoms. The Hall–Kier alpha value is -2.77. The molecular formula is C19H19N3O3S. The van der Waals surface area contributed by atoms with Crippen LogP contribution in [0.5, 0.6) is 0 Å². The third-order valence-corrected chi connectivity index (χ3v) is 5.03. The van der Waals surface area contributed by atoms with Gasteiger partial charge in [-0.3, -0.25) is 4.79 Å². The number of nitrogens with one attached hydrogen (secondary N) is 1. The van der Waals surface area contributed by atoms with E-state index in [9.17, 15) is 13.2 Å². The summed E-state index contributed by atoms with van der Waals surface area (Å²) >= 11 is 0. The molecule has 0 fully saturated rings. The highest BCUT2D eigenvalue weighted by molar-refractivity contribution is 7.92. The van der Waals surface area contributed by atoms with Gasteiger partial charge in [0.05, 0.1) is 17.6 Å². The van der Waals surface area contributed by atoms with Crippen molar-refractivity contribution in [2.45, 2.75) is 13.5 Å². The maximum Gasteiger partial charge on any atom is 0.274 e. The number of fused-ring (bicyclic) bond motifs is 1. The quantitative estimate of drug-likeness (QED) is 0.748. The molecular weight excluding hydrogens is 350 g/mol. The number of benzene rings is 2. The molecule has 0 aliphatic rings. The smallest absolute Gasteiger partial charge is 0.267 e. The Kier molecular flexibility index (Phi) is 5.01. The highest BCUT2D eigenvalue weighted by Gasteiger charge is 2.11. The zero-order valence-electron chi connectivity index (χ0n) is 14.5. The molecule has 1 heterocycles. The Labute approximate surface area is 151 Å². The van der Waals surface area contributed by atoms with E-state index in [-0.39, 0.29) is 12.1 Å². The second-order valence-electron chi connectivity index (χ2n) is 6.00. The van der Waals surface area contributed by atoms with Gasteiger partial charge < -0.3 is 0 Å². The van der Waals surface area contributed by atoms with Crippen molar-refractivity contribution < 1.29 is 8.42 Å². The zero-order chi connectivity index (χ0) is 18.7. The molecule has 6 nitrogen and oxygen atoms in total. The van der Waals surface area contributed by atoms with E-state index in [4.69, 9.17) is 0 Å². The first-order valence-electron chi connectivity index (χ1n) is 8.05. The van der Waals surface area contributed by atoms with Gasteiger partial charge in [0.25, 0.3) is 5.56 Å². The first-order chi connectivity index (χ1) is 12.4. The Morgan fingerprint density at radius 3 is 2.42 bits per heavy atom. The Morgan fingerprint density at radius 2 is 1.73 bits per heavy atom. The minimum atomic E-state index is -3.64. The molecule has 0 saturated carbocycles. The number of hydrogen-bond donors (Lipinski definition) is 1. The monoisotopic (exact) mass is 369 g/mol. The fourth-order valence-corrected chi connectivity index (χ4v) is 3.34. The Bertz CT molecular complexity index is 1130. The summed E-state index contributed by atoms with van der Waals surface area (Å²) in [5.74, 6) is 0. The van der Waals surface area contributed by atoms with Crippen molar-refractivity contribution in [2.24, 2.45) is 7.05 Å². The molecule has 0 saturated heterocycles. The molecule has 2 aromatic carbocycles. The molecule has 3 aromatic rings. The second-order valence-corrected chi connectivity index (χ2v) is 7.65. The molecule has 7 heteroatoms. The summed E-state index contributed by atoms with van der Waals surface area (Å²) in [5.41, 5.74) is 2.18. The summed E-state index contributed by atoms with van der Waals surface area (Å²) in [6.07, 6.45) is 1.54. The summed E-state index contributed by atoms with van der Waals surface area (Å²) < 4.78 is 28.2. The van der Waals surface area contributed by atoms with Crippen LogP contribution in [-0.2, 0) is 23.6 Å². The first kappa shape index (κ1) is 18.0. The highest BCUT2D eigenvalue weighted by atomic mass is 32.2. The van der Waals surface area contributed by atoms with Crippen LogP contribution in [0.2, 0.25) is 0 Å². The fourth-order valence-electron chi connectivity index (χ4n) is 2.57. The van der Waals surface area contributed by atoms with Gasteiger partial charge in [-0.15, -0.1) is 0 Å². The molecule has 0 bridgehead atoms. The van der Waals surface area contributed by atoms with Gasteiger partial charge in [-0.05, 0) is 24.6 Å². The van der Waals surface area contributed by atoms with Gasteiger partial charge in [-0.1, -0.05) is 48.0 Å². The number of hydrogen-bond acceptors (Lipinski definition) is 4. The van der Waals surface area contributed by atoms with E-state index in [0.29, 0.717) is 16.5 Å². The number of nitrogens with zero attached hydrogens (tertiary/aromatic N) is 2. The average molecular weight is 369 g/mol. The summed E-state index contributed by atoms with van der Waals surface area (Å²) in [6, 6.07) is 14.6. The molecule has 3 rings (SSSR count). The lowest BCUT2D eigenvalue weighted by Gasteiger charge is -2.08. The largest absolute Gasteiger partial charge is 0.274 e. The van der Waals surface area contributed by atoms with Gasteiger partial charge in [0.1, 0.15) is 0 Å². The van der Waals surface area contributed by atoms with Crippen molar-refractivity contribution in [3.05, 3.63) is 81.1 Å². The predicted molar refractivity (Wildman–Crippen MR) is 103 cm³/mol. The number of sulfonamides is 1. The van der Waals surface area contributed by atoms with Gasteiger partial charge >= 0.3 is 0 Å². The van der Waals surface area contributed by atoms with Crippen molar-refractivity contribution in [3.8, 4) is 0 Å². The minimum Gasteiger partial charge on any atom is -0.267 e. The number of aromatic nitrogens is 2. The van der Waals surface area contributed by atoms with Gasteiger partial charge in [0, 0.05) is 17.8 Å². The molecule has 0 aliphatic carbocycles. The SMILES string of the molecule is Cc1ccc(C=CS(=O)(=O)NCc2nn(C)c(=O)c3ccccc23)cc1. The third-order valence-electron chi connectivity index (χ3n) is 3.99. The Morgan fingerprint density at radius 1 is 1.08 bits per heavy atom. The third kappa shape index (κ3) is 4.07. The van der Waals surface area contributed by atoms with Crippen LogP contribution in [0.25, 0.3) is 16.8 Å². The van der Waals surface area contributed by atoms with E-state index in [0.717, 1.165) is 16.5 Å². The lowest BCUT2D eigenvalue weighted by atomic mass is 10.1. The minimum absolute atomic E-state index is 0.00476. The van der Waals surface area contributed by atoms with Crippen LogP contribution in [0.1, 0.15) is 16.8 Å². The van der Waals surface area contributed by atoms with Gasteiger partial charge in [0.2, 0.25) is 10.0 Å². The maximum atomic E-state index is 12.2. The standard InChI is InChI=1S/C19H19N3O3S/c1-14-7-9-15(10-8-14)11-12-26(24,25)20-13-18-16-5-3-4-6-17(16)19(23)22(2)21-18/h3-12,20H,13H2,1-2H3. The molecule has 134 valence electrons. The van der Waals surface area contributed by atoms with Crippen LogP contribution in [0, 0.1) is 6.92 Å². The van der Waals surface area contributed by atoms with E-state index >= 15 is 0 Å². The van der Waals surface area contributed by atoms with Crippen LogP contribution in [-0.4, -0.2) is 18.2 Å². The molecule has 0 radical (unpaired) electrons. The lowest BCUT2D eigenvalue weighted by Crippen LogP contribution is -2.26. The van der Waals surface area contributed by atoms with E-state index < -0.39 is 10.0 Å². The van der Waals surface area contributed by atoms with E-state index in [1.165, 1.54) is 10.8 Å². The maximum absolute atomic E-state index is 12.2. The molecule has 0 unspecified atom stereocenters. The molecule has 1 N–H and O–H groups in total. The van der Waals surface area contributed by atoms with E-state index in [2.05, 4.69) is 9.82 Å². The van der Waals surface area contributed by atoms with Crippen LogP contribution in [0.3, 0.4) is 0 Å². The molecule has 0 aliphatic heterocycles. The van der Waals surface area contributed by atoms with Crippen molar-refractivity contribution in [2.75, 3.05) is 0 Å². The predicted octanol–water partition coefficient (Wildman–Crippen LogP) is 2.33. The molecule has 26 heavy (non-hydrogen) atoms. The second kappa shape index (κ2) is 7.23. The zero-order valence-corrected chi connectivity index (χ0v) is 15.3. The summed E-state index contributed by atoms with van der Waals surface area (Å²) in [6.45, 7) is 1.96. The van der Waals surface area contributed by atoms with Crippen LogP contribution >= 0.6 is 0 Å². The number of aryl methyl sites for hydroxylation is 2. The fraction of sp³-hybridized carbons (Fsp3) is 0.158. The average Bonchev–Trinajstić information content (AvgIpc) is 2.63. The van der Waals surface area contributed by atoms with Crippen molar-refractivity contribution >= 4 is 26.9 Å². The summed E-state index contributed by atoms with van der Waals surface area (Å²) in [7, 11) is -2.09. The van der Waals surface area contributed by atoms with Crippen LogP contribution in [0.15, 0.2) is 58.7 Å². The van der Waals surface area contributed by atoms with Crippen molar-refractivity contribution in [1.29, 1.82) is 0 Å². The van der Waals surface area contributed by atoms with Gasteiger partial charge in [-0.2, -0.15) is 5.10 Å². The Balaban J connectivity index is 1.82.